The Hall–Kier alpha value is -2.63. The minimum absolute atomic E-state index is 0.193. The van der Waals surface area contributed by atoms with Gasteiger partial charge in [-0.05, 0) is 19.1 Å². The summed E-state index contributed by atoms with van der Waals surface area (Å²) >= 11 is 0. The van der Waals surface area contributed by atoms with Crippen molar-refractivity contribution in [3.05, 3.63) is 53.4 Å². The van der Waals surface area contributed by atoms with Gasteiger partial charge in [0, 0.05) is 11.6 Å². The normalized spacial score (nSPS) is 11.8. The number of carbonyl (C=O) groups excluding carboxylic acids is 1. The smallest absolute Gasteiger partial charge is 0.257 e. The van der Waals surface area contributed by atoms with E-state index in [-0.39, 0.29) is 11.3 Å². The van der Waals surface area contributed by atoms with Gasteiger partial charge in [-0.25, -0.2) is 4.98 Å². The number of aryl methyl sites for hydroxylation is 1. The summed E-state index contributed by atoms with van der Waals surface area (Å²) in [6.45, 7) is 8.10. The highest BCUT2D eigenvalue weighted by molar-refractivity contribution is 5.96. The van der Waals surface area contributed by atoms with Gasteiger partial charge in [-0.15, -0.1) is 0 Å². The molecule has 1 N–H and O–H groups in total. The summed E-state index contributed by atoms with van der Waals surface area (Å²) in [5.74, 6) is 1.11. The predicted octanol–water partition coefficient (Wildman–Crippen LogP) is 2.86. The van der Waals surface area contributed by atoms with E-state index >= 15 is 0 Å². The number of pyridine rings is 1. The average molecular weight is 312 g/mol. The first-order valence-corrected chi connectivity index (χ1v) is 7.54. The molecule has 3 rings (SSSR count). The largest absolute Gasteiger partial charge is 0.361 e. The number of fused-ring (bicyclic) bond motifs is 1. The van der Waals surface area contributed by atoms with Gasteiger partial charge in [0.2, 0.25) is 0 Å². The van der Waals surface area contributed by atoms with Crippen LogP contribution in [0.25, 0.3) is 5.52 Å². The Kier molecular flexibility index (Phi) is 3.67. The molecule has 23 heavy (non-hydrogen) atoms. The molecule has 6 nitrogen and oxygen atoms in total. The zero-order valence-electron chi connectivity index (χ0n) is 13.8. The van der Waals surface area contributed by atoms with E-state index in [4.69, 9.17) is 4.52 Å². The molecule has 3 aromatic heterocycles. The van der Waals surface area contributed by atoms with Gasteiger partial charge in [0.1, 0.15) is 22.8 Å². The Labute approximate surface area is 134 Å². The van der Waals surface area contributed by atoms with Crippen LogP contribution in [0.2, 0.25) is 0 Å². The van der Waals surface area contributed by atoms with E-state index < -0.39 is 0 Å². The van der Waals surface area contributed by atoms with Crippen molar-refractivity contribution >= 4 is 11.4 Å². The molecule has 0 aromatic carbocycles. The fraction of sp³-hybridized carbons (Fsp3) is 0.353. The minimum atomic E-state index is -0.259. The van der Waals surface area contributed by atoms with Crippen molar-refractivity contribution in [2.45, 2.75) is 39.7 Å². The molecule has 0 saturated heterocycles. The van der Waals surface area contributed by atoms with Crippen molar-refractivity contribution in [3.63, 3.8) is 0 Å². The fourth-order valence-electron chi connectivity index (χ4n) is 2.53. The number of carbonyl (C=O) groups is 1. The summed E-state index contributed by atoms with van der Waals surface area (Å²) in [5.41, 5.74) is 1.91. The molecule has 0 atom stereocenters. The third-order valence-corrected chi connectivity index (χ3v) is 3.72. The molecule has 3 aromatic rings. The Bertz CT molecular complexity index is 855. The van der Waals surface area contributed by atoms with Crippen molar-refractivity contribution < 1.29 is 9.32 Å². The number of amides is 1. The lowest BCUT2D eigenvalue weighted by Crippen LogP contribution is -2.27. The SMILES string of the molecule is Cc1onc(C(C)(C)C)c1C(=O)NCc1ncc2ccccn12. The maximum atomic E-state index is 12.6. The molecule has 0 fully saturated rings. The van der Waals surface area contributed by atoms with Crippen LogP contribution < -0.4 is 5.32 Å². The van der Waals surface area contributed by atoms with Crippen LogP contribution in [0.5, 0.6) is 0 Å². The molecular weight excluding hydrogens is 292 g/mol. The van der Waals surface area contributed by atoms with E-state index in [1.807, 2.05) is 49.6 Å². The zero-order valence-corrected chi connectivity index (χ0v) is 13.8. The number of imidazole rings is 1. The number of hydrogen-bond donors (Lipinski definition) is 1. The highest BCUT2D eigenvalue weighted by atomic mass is 16.5. The average Bonchev–Trinajstić information content (AvgIpc) is 3.08. The van der Waals surface area contributed by atoms with Crippen LogP contribution in [0.4, 0.5) is 0 Å². The molecule has 3 heterocycles. The monoisotopic (exact) mass is 312 g/mol. The van der Waals surface area contributed by atoms with E-state index in [0.29, 0.717) is 23.6 Å². The van der Waals surface area contributed by atoms with Crippen LogP contribution in [0.3, 0.4) is 0 Å². The predicted molar refractivity (Wildman–Crippen MR) is 86.3 cm³/mol. The quantitative estimate of drug-likeness (QED) is 0.807. The van der Waals surface area contributed by atoms with Crippen molar-refractivity contribution in [3.8, 4) is 0 Å². The molecule has 0 saturated carbocycles. The summed E-state index contributed by atoms with van der Waals surface area (Å²) in [6.07, 6.45) is 3.71. The first-order chi connectivity index (χ1) is 10.9. The number of nitrogens with zero attached hydrogens (tertiary/aromatic N) is 3. The fourth-order valence-corrected chi connectivity index (χ4v) is 2.53. The lowest BCUT2D eigenvalue weighted by atomic mass is 9.88. The number of aromatic nitrogens is 3. The highest BCUT2D eigenvalue weighted by Crippen LogP contribution is 2.26. The molecule has 6 heteroatoms. The van der Waals surface area contributed by atoms with Gasteiger partial charge < -0.3 is 14.2 Å². The first-order valence-electron chi connectivity index (χ1n) is 7.54. The summed E-state index contributed by atoms with van der Waals surface area (Å²) in [5, 5.41) is 6.96. The van der Waals surface area contributed by atoms with Gasteiger partial charge in [-0.3, -0.25) is 4.79 Å². The maximum absolute atomic E-state index is 12.6. The summed E-state index contributed by atoms with van der Waals surface area (Å²) in [6, 6.07) is 5.86. The summed E-state index contributed by atoms with van der Waals surface area (Å²) < 4.78 is 7.17. The number of nitrogens with one attached hydrogen (secondary N) is 1. The van der Waals surface area contributed by atoms with Gasteiger partial charge >= 0.3 is 0 Å². The third kappa shape index (κ3) is 2.84. The second kappa shape index (κ2) is 5.53. The molecule has 0 aliphatic carbocycles. The lowest BCUT2D eigenvalue weighted by molar-refractivity contribution is 0.0946. The van der Waals surface area contributed by atoms with E-state index in [0.717, 1.165) is 11.3 Å². The Morgan fingerprint density at radius 2 is 2.13 bits per heavy atom. The van der Waals surface area contributed by atoms with Gasteiger partial charge in [0.05, 0.1) is 18.3 Å². The molecule has 0 spiro atoms. The molecule has 0 bridgehead atoms. The molecule has 0 unspecified atom stereocenters. The highest BCUT2D eigenvalue weighted by Gasteiger charge is 2.28. The zero-order chi connectivity index (χ0) is 16.6. The van der Waals surface area contributed by atoms with E-state index in [9.17, 15) is 4.79 Å². The van der Waals surface area contributed by atoms with Crippen molar-refractivity contribution in [1.29, 1.82) is 0 Å². The molecule has 0 aliphatic rings. The minimum Gasteiger partial charge on any atom is -0.361 e. The second-order valence-electron chi connectivity index (χ2n) is 6.56. The molecular formula is C17H20N4O2. The Morgan fingerprint density at radius 1 is 1.35 bits per heavy atom. The van der Waals surface area contributed by atoms with Crippen LogP contribution in [0.1, 0.15) is 48.4 Å². The van der Waals surface area contributed by atoms with E-state index in [2.05, 4.69) is 15.5 Å². The van der Waals surface area contributed by atoms with Gasteiger partial charge in [-0.2, -0.15) is 0 Å². The van der Waals surface area contributed by atoms with Crippen LogP contribution >= 0.6 is 0 Å². The maximum Gasteiger partial charge on any atom is 0.257 e. The Balaban J connectivity index is 1.82. The van der Waals surface area contributed by atoms with Crippen LogP contribution in [-0.2, 0) is 12.0 Å². The van der Waals surface area contributed by atoms with Gasteiger partial charge in [0.25, 0.3) is 5.91 Å². The lowest BCUT2D eigenvalue weighted by Gasteiger charge is -2.16. The van der Waals surface area contributed by atoms with E-state index in [1.165, 1.54) is 0 Å². The van der Waals surface area contributed by atoms with Gasteiger partial charge in [0.15, 0.2) is 0 Å². The topological polar surface area (TPSA) is 72.4 Å². The van der Waals surface area contributed by atoms with Crippen LogP contribution in [0, 0.1) is 6.92 Å². The summed E-state index contributed by atoms with van der Waals surface area (Å²) in [4.78, 5) is 16.9. The molecule has 120 valence electrons. The van der Waals surface area contributed by atoms with Crippen LogP contribution in [-0.4, -0.2) is 20.4 Å². The molecule has 1 amide bonds. The van der Waals surface area contributed by atoms with Crippen LogP contribution in [0.15, 0.2) is 35.1 Å². The van der Waals surface area contributed by atoms with Crippen molar-refractivity contribution in [1.82, 2.24) is 19.9 Å². The van der Waals surface area contributed by atoms with Crippen molar-refractivity contribution in [2.75, 3.05) is 0 Å². The van der Waals surface area contributed by atoms with Gasteiger partial charge in [-0.1, -0.05) is 32.0 Å². The second-order valence-corrected chi connectivity index (χ2v) is 6.56. The molecule has 0 aliphatic heterocycles. The Morgan fingerprint density at radius 3 is 2.87 bits per heavy atom. The molecule has 0 radical (unpaired) electrons. The van der Waals surface area contributed by atoms with E-state index in [1.54, 1.807) is 13.1 Å². The first kappa shape index (κ1) is 15.3. The number of hydrogen-bond acceptors (Lipinski definition) is 4. The number of rotatable bonds is 3. The standard InChI is InChI=1S/C17H20N4O2/c1-11-14(15(20-23-11)17(2,3)4)16(22)19-10-13-18-9-12-7-5-6-8-21(12)13/h5-9H,10H2,1-4H3,(H,19,22). The summed E-state index contributed by atoms with van der Waals surface area (Å²) in [7, 11) is 0. The van der Waals surface area contributed by atoms with Crippen molar-refractivity contribution in [2.24, 2.45) is 0 Å². The third-order valence-electron chi connectivity index (χ3n) is 3.72.